The average Bonchev–Trinajstić information content (AvgIpc) is 2.29. The smallest absolute Gasteiger partial charge is 0.200 e. The maximum absolute atomic E-state index is 5.15. The first-order valence-corrected chi connectivity index (χ1v) is 5.54. The highest BCUT2D eigenvalue weighted by molar-refractivity contribution is 5.04. The van der Waals surface area contributed by atoms with Gasteiger partial charge in [-0.25, -0.2) is 9.97 Å². The van der Waals surface area contributed by atoms with Crippen LogP contribution >= 0.6 is 0 Å². The predicted molar refractivity (Wildman–Crippen MR) is 62.0 cm³/mol. The quantitative estimate of drug-likeness (QED) is 0.696. The maximum Gasteiger partial charge on any atom is 0.200 e. The Morgan fingerprint density at radius 1 is 1.25 bits per heavy atom. The van der Waals surface area contributed by atoms with Crippen molar-refractivity contribution in [3.8, 4) is 0 Å². The molecular weight excluding hydrogens is 204 g/mol. The fourth-order valence-electron chi connectivity index (χ4n) is 1.42. The van der Waals surface area contributed by atoms with E-state index in [-0.39, 0.29) is 0 Å². The Hall–Kier alpha value is -1.00. The Kier molecular flexibility index (Phi) is 5.35. The lowest BCUT2D eigenvalue weighted by molar-refractivity contribution is -0.108. The van der Waals surface area contributed by atoms with Crippen LogP contribution in [0.15, 0.2) is 12.3 Å². The molecule has 0 aliphatic rings. The number of ether oxygens (including phenoxy) is 2. The van der Waals surface area contributed by atoms with Crippen molar-refractivity contribution in [2.45, 2.75) is 33.0 Å². The molecule has 0 fully saturated rings. The number of aryl methyl sites for hydroxylation is 1. The Labute approximate surface area is 97.0 Å². The summed E-state index contributed by atoms with van der Waals surface area (Å²) in [5, 5.41) is 0. The van der Waals surface area contributed by atoms with Crippen LogP contribution in [0.3, 0.4) is 0 Å². The summed E-state index contributed by atoms with van der Waals surface area (Å²) in [7, 11) is 3.20. The molecule has 1 aromatic heterocycles. The molecule has 0 N–H and O–H groups in total. The van der Waals surface area contributed by atoms with E-state index < -0.39 is 6.29 Å². The van der Waals surface area contributed by atoms with Gasteiger partial charge >= 0.3 is 0 Å². The predicted octanol–water partition coefficient (Wildman–Crippen LogP) is 2.36. The van der Waals surface area contributed by atoms with Gasteiger partial charge in [0.25, 0.3) is 0 Å². The molecule has 4 heteroatoms. The molecule has 1 rings (SSSR count). The zero-order chi connectivity index (χ0) is 12.0. The van der Waals surface area contributed by atoms with Gasteiger partial charge in [-0.1, -0.05) is 13.8 Å². The lowest BCUT2D eigenvalue weighted by Crippen LogP contribution is -2.09. The standard InChI is InChI=1S/C12H20N2O2/c1-9(2)5-6-11-13-8-7-10(14-11)12(15-3)16-4/h7-9,12H,5-6H2,1-4H3. The van der Waals surface area contributed by atoms with Crippen LogP contribution in [0.2, 0.25) is 0 Å². The molecule has 0 amide bonds. The molecule has 0 aliphatic carbocycles. The second-order valence-corrected chi connectivity index (χ2v) is 4.13. The Morgan fingerprint density at radius 3 is 2.50 bits per heavy atom. The fourth-order valence-corrected chi connectivity index (χ4v) is 1.42. The fraction of sp³-hybridized carbons (Fsp3) is 0.667. The molecule has 0 saturated carbocycles. The summed E-state index contributed by atoms with van der Waals surface area (Å²) in [6, 6.07) is 1.82. The van der Waals surface area contributed by atoms with Crippen molar-refractivity contribution < 1.29 is 9.47 Å². The van der Waals surface area contributed by atoms with Crippen LogP contribution in [-0.4, -0.2) is 24.2 Å². The van der Waals surface area contributed by atoms with Crippen LogP contribution in [0, 0.1) is 5.92 Å². The number of nitrogens with zero attached hydrogens (tertiary/aromatic N) is 2. The zero-order valence-corrected chi connectivity index (χ0v) is 10.4. The summed E-state index contributed by atoms with van der Waals surface area (Å²) in [5.74, 6) is 1.51. The molecule has 0 atom stereocenters. The van der Waals surface area contributed by atoms with Crippen LogP contribution in [0.25, 0.3) is 0 Å². The monoisotopic (exact) mass is 224 g/mol. The van der Waals surface area contributed by atoms with Gasteiger partial charge in [-0.05, 0) is 18.4 Å². The van der Waals surface area contributed by atoms with Crippen LogP contribution in [0.1, 0.15) is 38.1 Å². The second-order valence-electron chi connectivity index (χ2n) is 4.13. The van der Waals surface area contributed by atoms with Gasteiger partial charge in [-0.15, -0.1) is 0 Å². The van der Waals surface area contributed by atoms with Crippen LogP contribution in [0.5, 0.6) is 0 Å². The highest BCUT2D eigenvalue weighted by atomic mass is 16.7. The van der Waals surface area contributed by atoms with Gasteiger partial charge in [0, 0.05) is 26.8 Å². The van der Waals surface area contributed by atoms with Crippen molar-refractivity contribution in [2.75, 3.05) is 14.2 Å². The summed E-state index contributed by atoms with van der Waals surface area (Å²) in [6.07, 6.45) is 3.34. The van der Waals surface area contributed by atoms with Gasteiger partial charge in [0.15, 0.2) is 0 Å². The van der Waals surface area contributed by atoms with Crippen molar-refractivity contribution in [1.29, 1.82) is 0 Å². The molecule has 0 unspecified atom stereocenters. The second kappa shape index (κ2) is 6.55. The largest absolute Gasteiger partial charge is 0.350 e. The third-order valence-electron chi connectivity index (χ3n) is 2.34. The highest BCUT2D eigenvalue weighted by Gasteiger charge is 2.11. The number of hydrogen-bond acceptors (Lipinski definition) is 4. The van der Waals surface area contributed by atoms with E-state index in [1.807, 2.05) is 6.07 Å². The van der Waals surface area contributed by atoms with E-state index in [4.69, 9.17) is 9.47 Å². The van der Waals surface area contributed by atoms with E-state index in [0.29, 0.717) is 5.92 Å². The van der Waals surface area contributed by atoms with Crippen LogP contribution < -0.4 is 0 Å². The number of methoxy groups -OCH3 is 2. The summed E-state index contributed by atoms with van der Waals surface area (Å²) < 4.78 is 10.3. The van der Waals surface area contributed by atoms with Gasteiger partial charge in [-0.3, -0.25) is 0 Å². The normalized spacial score (nSPS) is 11.4. The molecular formula is C12H20N2O2. The lowest BCUT2D eigenvalue weighted by Gasteiger charge is -2.13. The lowest BCUT2D eigenvalue weighted by atomic mass is 10.1. The third kappa shape index (κ3) is 3.87. The summed E-state index contributed by atoms with van der Waals surface area (Å²) in [6.45, 7) is 4.38. The topological polar surface area (TPSA) is 44.2 Å². The van der Waals surface area contributed by atoms with Crippen LogP contribution in [-0.2, 0) is 15.9 Å². The molecule has 0 bridgehead atoms. The average molecular weight is 224 g/mol. The minimum atomic E-state index is -0.402. The van der Waals surface area contributed by atoms with E-state index in [9.17, 15) is 0 Å². The Bertz CT molecular complexity index is 312. The number of aromatic nitrogens is 2. The van der Waals surface area contributed by atoms with E-state index in [2.05, 4.69) is 23.8 Å². The van der Waals surface area contributed by atoms with Gasteiger partial charge in [-0.2, -0.15) is 0 Å². The summed E-state index contributed by atoms with van der Waals surface area (Å²) in [4.78, 5) is 8.67. The van der Waals surface area contributed by atoms with E-state index >= 15 is 0 Å². The summed E-state index contributed by atoms with van der Waals surface area (Å²) in [5.41, 5.74) is 0.777. The number of rotatable bonds is 6. The van der Waals surface area contributed by atoms with Crippen molar-refractivity contribution in [3.63, 3.8) is 0 Å². The van der Waals surface area contributed by atoms with Gasteiger partial charge < -0.3 is 9.47 Å². The van der Waals surface area contributed by atoms with E-state index in [0.717, 1.165) is 24.4 Å². The minimum Gasteiger partial charge on any atom is -0.350 e. The Balaban J connectivity index is 2.70. The molecule has 1 heterocycles. The molecule has 0 aromatic carbocycles. The molecule has 0 radical (unpaired) electrons. The first-order valence-electron chi connectivity index (χ1n) is 5.54. The first kappa shape index (κ1) is 13.1. The van der Waals surface area contributed by atoms with E-state index in [1.54, 1.807) is 20.4 Å². The molecule has 1 aromatic rings. The SMILES string of the molecule is COC(OC)c1ccnc(CCC(C)C)n1. The molecule has 90 valence electrons. The van der Waals surface area contributed by atoms with Crippen LogP contribution in [0.4, 0.5) is 0 Å². The highest BCUT2D eigenvalue weighted by Crippen LogP contribution is 2.14. The summed E-state index contributed by atoms with van der Waals surface area (Å²) >= 11 is 0. The minimum absolute atomic E-state index is 0.402. The van der Waals surface area contributed by atoms with Crippen molar-refractivity contribution in [2.24, 2.45) is 5.92 Å². The molecule has 0 saturated heterocycles. The molecule has 4 nitrogen and oxygen atoms in total. The van der Waals surface area contributed by atoms with Gasteiger partial charge in [0.1, 0.15) is 5.82 Å². The first-order chi connectivity index (χ1) is 7.67. The zero-order valence-electron chi connectivity index (χ0n) is 10.4. The molecule has 16 heavy (non-hydrogen) atoms. The van der Waals surface area contributed by atoms with Crippen molar-refractivity contribution in [1.82, 2.24) is 9.97 Å². The molecule has 0 spiro atoms. The number of hydrogen-bond donors (Lipinski definition) is 0. The Morgan fingerprint density at radius 2 is 1.94 bits per heavy atom. The molecule has 0 aliphatic heterocycles. The third-order valence-corrected chi connectivity index (χ3v) is 2.34. The van der Waals surface area contributed by atoms with Gasteiger partial charge in [0.05, 0.1) is 5.69 Å². The maximum atomic E-state index is 5.15. The van der Waals surface area contributed by atoms with E-state index in [1.165, 1.54) is 0 Å². The van der Waals surface area contributed by atoms with Crippen molar-refractivity contribution in [3.05, 3.63) is 23.8 Å². The van der Waals surface area contributed by atoms with Gasteiger partial charge in [0.2, 0.25) is 6.29 Å². The van der Waals surface area contributed by atoms with Crippen molar-refractivity contribution >= 4 is 0 Å².